The zero-order chi connectivity index (χ0) is 15.2. The largest absolute Gasteiger partial charge is 0.504 e. The van der Waals surface area contributed by atoms with Gasteiger partial charge in [-0.15, -0.1) is 0 Å². The third-order valence-corrected chi connectivity index (χ3v) is 3.80. The van der Waals surface area contributed by atoms with E-state index in [9.17, 15) is 9.90 Å². The molecule has 0 aromatic heterocycles. The highest BCUT2D eigenvalue weighted by Crippen LogP contribution is 2.28. The van der Waals surface area contributed by atoms with Crippen molar-refractivity contribution in [3.05, 3.63) is 23.8 Å². The van der Waals surface area contributed by atoms with Crippen molar-refractivity contribution in [3.8, 4) is 11.5 Å². The number of phenolic OH excluding ortho intramolecular Hbond substituents is 1. The molecule has 0 saturated carbocycles. The first-order valence-electron chi connectivity index (χ1n) is 7.42. The number of nitrogens with zero attached hydrogens (tertiary/aromatic N) is 1. The van der Waals surface area contributed by atoms with Gasteiger partial charge in [-0.1, -0.05) is 12.5 Å². The molecule has 116 valence electrons. The van der Waals surface area contributed by atoms with Crippen molar-refractivity contribution in [2.45, 2.75) is 38.8 Å². The number of esters is 1. The fraction of sp³-hybridized carbons (Fsp3) is 0.562. The lowest BCUT2D eigenvalue weighted by Gasteiger charge is -2.34. The Morgan fingerprint density at radius 1 is 1.43 bits per heavy atom. The van der Waals surface area contributed by atoms with E-state index >= 15 is 0 Å². The Morgan fingerprint density at radius 2 is 2.24 bits per heavy atom. The zero-order valence-corrected chi connectivity index (χ0v) is 12.7. The molecular formula is C16H23NO4. The summed E-state index contributed by atoms with van der Waals surface area (Å²) in [4.78, 5) is 14.2. The molecule has 1 N–H and O–H groups in total. The first kappa shape index (κ1) is 15.6. The molecule has 1 aliphatic rings. The number of aromatic hydroxyl groups is 1. The number of hydrogen-bond acceptors (Lipinski definition) is 5. The third-order valence-electron chi connectivity index (χ3n) is 3.80. The van der Waals surface area contributed by atoms with Crippen LogP contribution in [0.3, 0.4) is 0 Å². The van der Waals surface area contributed by atoms with Gasteiger partial charge in [0.15, 0.2) is 11.5 Å². The lowest BCUT2D eigenvalue weighted by atomic mass is 10.0. The average molecular weight is 293 g/mol. The Bertz CT molecular complexity index is 489. The number of methoxy groups -OCH3 is 1. The fourth-order valence-corrected chi connectivity index (χ4v) is 2.75. The second-order valence-corrected chi connectivity index (χ2v) is 5.24. The van der Waals surface area contributed by atoms with Gasteiger partial charge in [-0.3, -0.25) is 9.69 Å². The van der Waals surface area contributed by atoms with Crippen molar-refractivity contribution >= 4 is 5.97 Å². The molecule has 1 fully saturated rings. The monoisotopic (exact) mass is 293 g/mol. The number of rotatable bonds is 5. The number of carbonyl (C=O) groups is 1. The van der Waals surface area contributed by atoms with Gasteiger partial charge in [0.25, 0.3) is 0 Å². The maximum absolute atomic E-state index is 12.0. The predicted molar refractivity (Wildman–Crippen MR) is 79.3 cm³/mol. The molecule has 1 heterocycles. The Balaban J connectivity index is 2.08. The van der Waals surface area contributed by atoms with Crippen LogP contribution in [0.4, 0.5) is 0 Å². The number of phenols is 1. The predicted octanol–water partition coefficient (Wildman–Crippen LogP) is 2.32. The molecule has 1 aromatic rings. The molecule has 0 spiro atoms. The van der Waals surface area contributed by atoms with E-state index in [-0.39, 0.29) is 17.8 Å². The van der Waals surface area contributed by atoms with Crippen LogP contribution >= 0.6 is 0 Å². The summed E-state index contributed by atoms with van der Waals surface area (Å²) in [5.74, 6) is 0.439. The molecule has 0 radical (unpaired) electrons. The van der Waals surface area contributed by atoms with Crippen molar-refractivity contribution in [3.63, 3.8) is 0 Å². The standard InChI is InChI=1S/C16H23NO4/c1-3-21-16(19)13-6-4-5-9-17(13)11-12-7-8-15(20-2)14(18)10-12/h7-8,10,13,18H,3-6,9,11H2,1-2H3/t13-/m1/s1. The second-order valence-electron chi connectivity index (χ2n) is 5.24. The Hall–Kier alpha value is -1.75. The molecule has 21 heavy (non-hydrogen) atoms. The van der Waals surface area contributed by atoms with E-state index in [1.54, 1.807) is 12.1 Å². The Labute approximate surface area is 125 Å². The molecule has 1 aliphatic heterocycles. The van der Waals surface area contributed by atoms with E-state index < -0.39 is 0 Å². The van der Waals surface area contributed by atoms with Gasteiger partial charge in [0.2, 0.25) is 0 Å². The maximum Gasteiger partial charge on any atom is 0.323 e. The molecule has 0 aliphatic carbocycles. The summed E-state index contributed by atoms with van der Waals surface area (Å²) in [6.07, 6.45) is 2.97. The van der Waals surface area contributed by atoms with E-state index in [4.69, 9.17) is 9.47 Å². The number of benzene rings is 1. The topological polar surface area (TPSA) is 59.0 Å². The number of piperidine rings is 1. The minimum absolute atomic E-state index is 0.125. The number of ether oxygens (including phenoxy) is 2. The van der Waals surface area contributed by atoms with Crippen molar-refractivity contribution in [2.75, 3.05) is 20.3 Å². The number of likely N-dealkylation sites (tertiary alicyclic amines) is 1. The summed E-state index contributed by atoms with van der Waals surface area (Å²) in [6, 6.07) is 5.17. The van der Waals surface area contributed by atoms with Gasteiger partial charge in [0, 0.05) is 6.54 Å². The molecule has 0 bridgehead atoms. The van der Waals surface area contributed by atoms with Crippen LogP contribution in [0, 0.1) is 0 Å². The first-order chi connectivity index (χ1) is 10.2. The minimum Gasteiger partial charge on any atom is -0.504 e. The Kier molecular flexibility index (Phi) is 5.44. The molecule has 1 aromatic carbocycles. The molecule has 0 amide bonds. The van der Waals surface area contributed by atoms with E-state index in [0.29, 0.717) is 18.9 Å². The fourth-order valence-electron chi connectivity index (χ4n) is 2.75. The quantitative estimate of drug-likeness (QED) is 0.844. The lowest BCUT2D eigenvalue weighted by molar-refractivity contribution is -0.151. The van der Waals surface area contributed by atoms with E-state index in [2.05, 4.69) is 4.90 Å². The summed E-state index contributed by atoms with van der Waals surface area (Å²) in [6.45, 7) is 3.73. The molecule has 2 rings (SSSR count). The van der Waals surface area contributed by atoms with E-state index in [1.807, 2.05) is 13.0 Å². The average Bonchev–Trinajstić information content (AvgIpc) is 2.48. The van der Waals surface area contributed by atoms with Crippen LogP contribution in [0.25, 0.3) is 0 Å². The summed E-state index contributed by atoms with van der Waals surface area (Å²) >= 11 is 0. The zero-order valence-electron chi connectivity index (χ0n) is 12.7. The van der Waals surface area contributed by atoms with Crippen molar-refractivity contribution in [1.29, 1.82) is 0 Å². The van der Waals surface area contributed by atoms with E-state index in [0.717, 1.165) is 31.4 Å². The van der Waals surface area contributed by atoms with Crippen LogP contribution in [0.2, 0.25) is 0 Å². The summed E-state index contributed by atoms with van der Waals surface area (Å²) in [5, 5.41) is 9.84. The van der Waals surface area contributed by atoms with Gasteiger partial charge in [0.1, 0.15) is 6.04 Å². The molecule has 1 atom stereocenters. The highest BCUT2D eigenvalue weighted by molar-refractivity contribution is 5.75. The smallest absolute Gasteiger partial charge is 0.323 e. The van der Waals surface area contributed by atoms with Gasteiger partial charge in [-0.2, -0.15) is 0 Å². The highest BCUT2D eigenvalue weighted by atomic mass is 16.5. The van der Waals surface area contributed by atoms with Crippen LogP contribution < -0.4 is 4.74 Å². The van der Waals surface area contributed by atoms with Crippen molar-refractivity contribution in [1.82, 2.24) is 4.90 Å². The van der Waals surface area contributed by atoms with E-state index in [1.165, 1.54) is 7.11 Å². The normalized spacial score (nSPS) is 19.2. The van der Waals surface area contributed by atoms with Gasteiger partial charge < -0.3 is 14.6 Å². The van der Waals surface area contributed by atoms with Crippen LogP contribution in [-0.4, -0.2) is 42.3 Å². The second kappa shape index (κ2) is 7.31. The molecule has 0 unspecified atom stereocenters. The summed E-state index contributed by atoms with van der Waals surface area (Å²) < 4.78 is 10.2. The third kappa shape index (κ3) is 3.88. The van der Waals surface area contributed by atoms with Gasteiger partial charge in [0.05, 0.1) is 13.7 Å². The number of carbonyl (C=O) groups excluding carboxylic acids is 1. The number of hydrogen-bond donors (Lipinski definition) is 1. The minimum atomic E-state index is -0.178. The van der Waals surface area contributed by atoms with Gasteiger partial charge in [-0.05, 0) is 44.0 Å². The lowest BCUT2D eigenvalue weighted by Crippen LogP contribution is -2.44. The maximum atomic E-state index is 12.0. The highest BCUT2D eigenvalue weighted by Gasteiger charge is 2.29. The van der Waals surface area contributed by atoms with Crippen molar-refractivity contribution < 1.29 is 19.4 Å². The summed E-state index contributed by atoms with van der Waals surface area (Å²) in [7, 11) is 1.52. The van der Waals surface area contributed by atoms with Crippen LogP contribution in [-0.2, 0) is 16.1 Å². The van der Waals surface area contributed by atoms with Crippen LogP contribution in [0.5, 0.6) is 11.5 Å². The molecule has 5 nitrogen and oxygen atoms in total. The first-order valence-corrected chi connectivity index (χ1v) is 7.42. The summed E-state index contributed by atoms with van der Waals surface area (Å²) in [5.41, 5.74) is 0.962. The molecule has 5 heteroatoms. The molecular weight excluding hydrogens is 270 g/mol. The van der Waals surface area contributed by atoms with Gasteiger partial charge >= 0.3 is 5.97 Å². The van der Waals surface area contributed by atoms with Crippen LogP contribution in [0.1, 0.15) is 31.7 Å². The molecule has 1 saturated heterocycles. The van der Waals surface area contributed by atoms with Gasteiger partial charge in [-0.25, -0.2) is 0 Å². The van der Waals surface area contributed by atoms with Crippen LogP contribution in [0.15, 0.2) is 18.2 Å². The van der Waals surface area contributed by atoms with Crippen molar-refractivity contribution in [2.24, 2.45) is 0 Å². The Morgan fingerprint density at radius 3 is 2.90 bits per heavy atom. The SMILES string of the molecule is CCOC(=O)[C@H]1CCCCN1Cc1ccc(OC)c(O)c1.